The highest BCUT2D eigenvalue weighted by Crippen LogP contribution is 2.07. The van der Waals surface area contributed by atoms with E-state index >= 15 is 0 Å². The number of methoxy groups -OCH3 is 1. The smallest absolute Gasteiger partial charge is 0.0525 e. The summed E-state index contributed by atoms with van der Waals surface area (Å²) in [6.45, 7) is 3.68. The zero-order valence-corrected chi connectivity index (χ0v) is 9.11. The maximum absolute atomic E-state index is 5.08. The molecule has 0 fully saturated rings. The molecule has 0 saturated heterocycles. The second-order valence-electron chi connectivity index (χ2n) is 2.71. The van der Waals surface area contributed by atoms with E-state index in [1.165, 1.54) is 0 Å². The third-order valence-corrected chi connectivity index (χ3v) is 1.87. The van der Waals surface area contributed by atoms with Crippen molar-refractivity contribution in [3.05, 3.63) is 12.2 Å². The molecule has 0 spiro atoms. The largest absolute Gasteiger partial charge is 0.384 e. The predicted molar refractivity (Wildman–Crippen MR) is 55.1 cm³/mol. The van der Waals surface area contributed by atoms with Crippen molar-refractivity contribution in [3.63, 3.8) is 0 Å². The molecule has 0 aromatic heterocycles. The molecular formula is C9H19O2P. The zero-order valence-electron chi connectivity index (χ0n) is 7.95. The summed E-state index contributed by atoms with van der Waals surface area (Å²) in [4.78, 5) is 0. The van der Waals surface area contributed by atoms with E-state index in [0.717, 1.165) is 26.1 Å². The summed E-state index contributed by atoms with van der Waals surface area (Å²) in [5, 5.41) is 0. The molecule has 0 bridgehead atoms. The summed E-state index contributed by atoms with van der Waals surface area (Å²) in [6.07, 6.45) is 6.48. The van der Waals surface area contributed by atoms with E-state index in [1.807, 2.05) is 0 Å². The average molecular weight is 190 g/mol. The Morgan fingerprint density at radius 3 is 2.75 bits per heavy atom. The van der Waals surface area contributed by atoms with Gasteiger partial charge in [0.1, 0.15) is 0 Å². The van der Waals surface area contributed by atoms with Crippen LogP contribution in [0.5, 0.6) is 0 Å². The lowest BCUT2D eigenvalue weighted by Gasteiger charge is -2.10. The number of hydrogen-bond donors (Lipinski definition) is 0. The lowest BCUT2D eigenvalue weighted by molar-refractivity contribution is 0.158. The van der Waals surface area contributed by atoms with Crippen molar-refractivity contribution in [2.75, 3.05) is 20.3 Å². The van der Waals surface area contributed by atoms with Crippen molar-refractivity contribution in [2.24, 2.45) is 5.92 Å². The first-order chi connectivity index (χ1) is 5.85. The summed E-state index contributed by atoms with van der Waals surface area (Å²) in [5.41, 5.74) is 0. The zero-order chi connectivity index (χ0) is 9.23. The van der Waals surface area contributed by atoms with Crippen molar-refractivity contribution in [1.82, 2.24) is 0 Å². The van der Waals surface area contributed by atoms with Gasteiger partial charge >= 0.3 is 0 Å². The lowest BCUT2D eigenvalue weighted by atomic mass is 10.1. The van der Waals surface area contributed by atoms with Gasteiger partial charge in [0.25, 0.3) is 0 Å². The Morgan fingerprint density at radius 2 is 2.25 bits per heavy atom. The first-order valence-electron chi connectivity index (χ1n) is 4.32. The summed E-state index contributed by atoms with van der Waals surface area (Å²) in [5.74, 6) is 0.496. The summed E-state index contributed by atoms with van der Waals surface area (Å²) in [7, 11) is 3.99. The molecule has 0 radical (unpaired) electrons. The van der Waals surface area contributed by atoms with Gasteiger partial charge in [-0.05, 0) is 12.8 Å². The minimum atomic E-state index is 0.496. The average Bonchev–Trinajstić information content (AvgIpc) is 2.10. The van der Waals surface area contributed by atoms with Gasteiger partial charge in [-0.25, -0.2) is 0 Å². The van der Waals surface area contributed by atoms with Crippen LogP contribution in [0.2, 0.25) is 0 Å². The monoisotopic (exact) mass is 190 g/mol. The van der Waals surface area contributed by atoms with Crippen LogP contribution in [-0.4, -0.2) is 20.3 Å². The first kappa shape index (κ1) is 12.1. The highest BCUT2D eigenvalue weighted by Gasteiger charge is 2.02. The van der Waals surface area contributed by atoms with Gasteiger partial charge in [0.2, 0.25) is 0 Å². The van der Waals surface area contributed by atoms with Crippen LogP contribution in [0.1, 0.15) is 19.8 Å². The molecule has 0 aliphatic heterocycles. The summed E-state index contributed by atoms with van der Waals surface area (Å²) < 4.78 is 10.0. The molecular weight excluding hydrogens is 171 g/mol. The lowest BCUT2D eigenvalue weighted by Crippen LogP contribution is -2.07. The van der Waals surface area contributed by atoms with Crippen molar-refractivity contribution in [1.29, 1.82) is 0 Å². The minimum Gasteiger partial charge on any atom is -0.384 e. The van der Waals surface area contributed by atoms with E-state index in [-0.39, 0.29) is 0 Å². The molecule has 12 heavy (non-hydrogen) atoms. The SMILES string of the molecule is CCC=CC(CCOP)COC. The van der Waals surface area contributed by atoms with E-state index in [4.69, 9.17) is 9.26 Å². The molecule has 0 rings (SSSR count). The Balaban J connectivity index is 3.61. The molecule has 0 aromatic carbocycles. The Hall–Kier alpha value is 0.0900. The molecule has 2 nitrogen and oxygen atoms in total. The summed E-state index contributed by atoms with van der Waals surface area (Å²) >= 11 is 0. The topological polar surface area (TPSA) is 18.5 Å². The van der Waals surface area contributed by atoms with E-state index in [9.17, 15) is 0 Å². The fourth-order valence-corrected chi connectivity index (χ4v) is 1.13. The minimum absolute atomic E-state index is 0.496. The van der Waals surface area contributed by atoms with E-state index in [1.54, 1.807) is 7.11 Å². The van der Waals surface area contributed by atoms with Gasteiger partial charge in [-0.3, -0.25) is 0 Å². The third-order valence-electron chi connectivity index (χ3n) is 1.63. The fraction of sp³-hybridized carbons (Fsp3) is 0.778. The Bertz CT molecular complexity index is 115. The van der Waals surface area contributed by atoms with Crippen molar-refractivity contribution in [3.8, 4) is 0 Å². The molecule has 0 saturated carbocycles. The van der Waals surface area contributed by atoms with Gasteiger partial charge < -0.3 is 9.26 Å². The van der Waals surface area contributed by atoms with E-state index in [0.29, 0.717) is 5.92 Å². The molecule has 0 aliphatic carbocycles. The molecule has 3 heteroatoms. The van der Waals surface area contributed by atoms with Gasteiger partial charge in [-0.2, -0.15) is 0 Å². The van der Waals surface area contributed by atoms with Gasteiger partial charge in [0.05, 0.1) is 13.2 Å². The quantitative estimate of drug-likeness (QED) is 0.453. The number of rotatable bonds is 7. The Morgan fingerprint density at radius 1 is 1.50 bits per heavy atom. The standard InChI is InChI=1S/C9H19O2P/c1-3-4-5-9(8-10-2)6-7-11-12/h4-5,9H,3,6-8,12H2,1-2H3. The molecule has 0 aromatic rings. The van der Waals surface area contributed by atoms with E-state index < -0.39 is 0 Å². The highest BCUT2D eigenvalue weighted by atomic mass is 31.0. The van der Waals surface area contributed by atoms with E-state index in [2.05, 4.69) is 28.5 Å². The second kappa shape index (κ2) is 9.18. The predicted octanol–water partition coefficient (Wildman–Crippen LogP) is 2.41. The van der Waals surface area contributed by atoms with Gasteiger partial charge in [0.15, 0.2) is 0 Å². The Labute approximate surface area is 77.6 Å². The number of allylic oxidation sites excluding steroid dienone is 1. The van der Waals surface area contributed by atoms with Crippen LogP contribution >= 0.6 is 9.47 Å². The van der Waals surface area contributed by atoms with Crippen molar-refractivity contribution in [2.45, 2.75) is 19.8 Å². The van der Waals surface area contributed by atoms with Crippen LogP contribution in [0.4, 0.5) is 0 Å². The molecule has 72 valence electrons. The van der Waals surface area contributed by atoms with Crippen LogP contribution in [0.3, 0.4) is 0 Å². The number of hydrogen-bond acceptors (Lipinski definition) is 2. The van der Waals surface area contributed by atoms with Crippen LogP contribution in [0, 0.1) is 5.92 Å². The molecule has 2 atom stereocenters. The van der Waals surface area contributed by atoms with Crippen LogP contribution in [-0.2, 0) is 9.26 Å². The maximum atomic E-state index is 5.08. The van der Waals surface area contributed by atoms with Crippen molar-refractivity contribution < 1.29 is 9.26 Å². The van der Waals surface area contributed by atoms with Gasteiger partial charge in [0, 0.05) is 22.5 Å². The van der Waals surface area contributed by atoms with Crippen LogP contribution in [0.25, 0.3) is 0 Å². The molecule has 0 amide bonds. The first-order valence-corrected chi connectivity index (χ1v) is 4.79. The fourth-order valence-electron chi connectivity index (χ4n) is 0.997. The van der Waals surface area contributed by atoms with Crippen LogP contribution in [0.15, 0.2) is 12.2 Å². The van der Waals surface area contributed by atoms with Gasteiger partial charge in [-0.1, -0.05) is 19.1 Å². The highest BCUT2D eigenvalue weighted by molar-refractivity contribution is 7.09. The normalized spacial score (nSPS) is 13.9. The maximum Gasteiger partial charge on any atom is 0.0525 e. The molecule has 0 heterocycles. The summed E-state index contributed by atoms with van der Waals surface area (Å²) in [6, 6.07) is 0. The third kappa shape index (κ3) is 6.78. The van der Waals surface area contributed by atoms with Gasteiger partial charge in [-0.15, -0.1) is 0 Å². The van der Waals surface area contributed by atoms with Crippen LogP contribution < -0.4 is 0 Å². The second-order valence-corrected chi connectivity index (χ2v) is 3.04. The molecule has 2 unspecified atom stereocenters. The number of ether oxygens (including phenoxy) is 1. The molecule has 0 N–H and O–H groups in total. The van der Waals surface area contributed by atoms with Crippen molar-refractivity contribution >= 4 is 9.47 Å². The Kier molecular flexibility index (Phi) is 9.25. The molecule has 0 aliphatic rings.